The van der Waals surface area contributed by atoms with Crippen LogP contribution >= 0.6 is 23.2 Å². The summed E-state index contributed by atoms with van der Waals surface area (Å²) < 4.78 is 30.1. The highest BCUT2D eigenvalue weighted by molar-refractivity contribution is 7.92. The van der Waals surface area contributed by atoms with Crippen molar-refractivity contribution in [2.24, 2.45) is 5.92 Å². The third-order valence-corrected chi connectivity index (χ3v) is 7.74. The van der Waals surface area contributed by atoms with Crippen LogP contribution in [0.5, 0.6) is 0 Å². The van der Waals surface area contributed by atoms with Gasteiger partial charge in [-0.2, -0.15) is 0 Å². The quantitative estimate of drug-likeness (QED) is 0.342. The van der Waals surface area contributed by atoms with E-state index in [4.69, 9.17) is 28.9 Å². The van der Waals surface area contributed by atoms with Gasteiger partial charge in [-0.1, -0.05) is 35.3 Å². The fourth-order valence-corrected chi connectivity index (χ4v) is 5.64. The van der Waals surface area contributed by atoms with Crippen molar-refractivity contribution in [2.75, 3.05) is 10.5 Å². The SMILES string of the molecule is Nc1ncnc2c1c(C(=O)c1cccc(NS(=O)(=O)c3ccc(Cl)cc3Cl)c1)cn2CC1CC1. The van der Waals surface area contributed by atoms with Crippen molar-refractivity contribution in [2.45, 2.75) is 24.3 Å². The summed E-state index contributed by atoms with van der Waals surface area (Å²) in [5.74, 6) is 0.468. The number of sulfonamides is 1. The summed E-state index contributed by atoms with van der Waals surface area (Å²) in [6.45, 7) is 0.752. The molecule has 1 aliphatic rings. The van der Waals surface area contributed by atoms with Gasteiger partial charge < -0.3 is 10.3 Å². The molecular weight excluding hydrogens is 497 g/mol. The van der Waals surface area contributed by atoms with E-state index in [2.05, 4.69) is 14.7 Å². The molecule has 1 fully saturated rings. The topological polar surface area (TPSA) is 120 Å². The van der Waals surface area contributed by atoms with Gasteiger partial charge in [0.2, 0.25) is 0 Å². The molecule has 4 aromatic rings. The Labute approximate surface area is 205 Å². The largest absolute Gasteiger partial charge is 0.383 e. The number of rotatable bonds is 7. The van der Waals surface area contributed by atoms with Gasteiger partial charge in [0.15, 0.2) is 5.78 Å². The Morgan fingerprint density at radius 3 is 2.68 bits per heavy atom. The van der Waals surface area contributed by atoms with Gasteiger partial charge in [0.05, 0.1) is 16.0 Å². The lowest BCUT2D eigenvalue weighted by Gasteiger charge is -2.11. The van der Waals surface area contributed by atoms with E-state index in [1.807, 2.05) is 4.57 Å². The van der Waals surface area contributed by atoms with Gasteiger partial charge in [0, 0.05) is 29.0 Å². The van der Waals surface area contributed by atoms with Crippen molar-refractivity contribution in [1.29, 1.82) is 0 Å². The number of nitrogen functional groups attached to an aromatic ring is 1. The number of anilines is 2. The first-order valence-electron chi connectivity index (χ1n) is 10.4. The number of hydrogen-bond acceptors (Lipinski definition) is 6. The lowest BCUT2D eigenvalue weighted by Crippen LogP contribution is -2.14. The molecule has 1 saturated carbocycles. The summed E-state index contributed by atoms with van der Waals surface area (Å²) in [6.07, 6.45) is 5.42. The highest BCUT2D eigenvalue weighted by Crippen LogP contribution is 2.34. The van der Waals surface area contributed by atoms with Crippen LogP contribution in [0.25, 0.3) is 11.0 Å². The van der Waals surface area contributed by atoms with Crippen LogP contribution in [0.3, 0.4) is 0 Å². The van der Waals surface area contributed by atoms with E-state index < -0.39 is 10.0 Å². The van der Waals surface area contributed by atoms with Crippen molar-refractivity contribution in [3.8, 4) is 0 Å². The third kappa shape index (κ3) is 4.34. The first-order valence-corrected chi connectivity index (χ1v) is 12.7. The van der Waals surface area contributed by atoms with Crippen molar-refractivity contribution in [3.05, 3.63) is 76.2 Å². The Morgan fingerprint density at radius 2 is 1.94 bits per heavy atom. The zero-order valence-electron chi connectivity index (χ0n) is 17.7. The Balaban J connectivity index is 1.49. The van der Waals surface area contributed by atoms with E-state index in [0.717, 1.165) is 19.4 Å². The molecule has 5 rings (SSSR count). The first kappa shape index (κ1) is 22.6. The number of ketones is 1. The van der Waals surface area contributed by atoms with E-state index in [1.165, 1.54) is 30.6 Å². The summed E-state index contributed by atoms with van der Waals surface area (Å²) in [4.78, 5) is 21.7. The molecule has 8 nitrogen and oxygen atoms in total. The molecule has 2 heterocycles. The molecule has 2 aromatic heterocycles. The molecule has 0 atom stereocenters. The van der Waals surface area contributed by atoms with Crippen molar-refractivity contribution in [3.63, 3.8) is 0 Å². The third-order valence-electron chi connectivity index (χ3n) is 5.64. The second-order valence-electron chi connectivity index (χ2n) is 8.19. The van der Waals surface area contributed by atoms with E-state index >= 15 is 0 Å². The fourth-order valence-electron chi connectivity index (χ4n) is 3.82. The second kappa shape index (κ2) is 8.57. The number of aromatic nitrogens is 3. The summed E-state index contributed by atoms with van der Waals surface area (Å²) in [7, 11) is -4.01. The highest BCUT2D eigenvalue weighted by Gasteiger charge is 2.26. The maximum absolute atomic E-state index is 13.5. The summed E-state index contributed by atoms with van der Waals surface area (Å²) in [5.41, 5.74) is 7.58. The second-order valence-corrected chi connectivity index (χ2v) is 10.7. The van der Waals surface area contributed by atoms with Crippen LogP contribution in [-0.2, 0) is 16.6 Å². The molecule has 0 amide bonds. The molecule has 1 aliphatic carbocycles. The van der Waals surface area contributed by atoms with Gasteiger partial charge in [-0.25, -0.2) is 18.4 Å². The van der Waals surface area contributed by atoms with Crippen LogP contribution in [0.1, 0.15) is 28.8 Å². The first-order chi connectivity index (χ1) is 16.2. The van der Waals surface area contributed by atoms with Gasteiger partial charge >= 0.3 is 0 Å². The molecule has 34 heavy (non-hydrogen) atoms. The molecule has 174 valence electrons. The number of benzene rings is 2. The minimum absolute atomic E-state index is 0.00817. The number of nitrogens with zero attached hydrogens (tertiary/aromatic N) is 3. The van der Waals surface area contributed by atoms with Crippen LogP contribution in [0.4, 0.5) is 11.5 Å². The van der Waals surface area contributed by atoms with E-state index in [-0.39, 0.29) is 32.8 Å². The van der Waals surface area contributed by atoms with Gasteiger partial charge in [0.1, 0.15) is 22.7 Å². The van der Waals surface area contributed by atoms with Gasteiger partial charge in [0.25, 0.3) is 10.0 Å². The predicted molar refractivity (Wildman–Crippen MR) is 132 cm³/mol. The van der Waals surface area contributed by atoms with Crippen LogP contribution in [0.2, 0.25) is 10.0 Å². The standard InChI is InChI=1S/C23H19Cl2N5O3S/c24-15-6-7-19(18(25)9-15)34(32,33)29-16-3-1-2-14(8-16)21(31)17-11-30(10-13-4-5-13)23-20(17)22(26)27-12-28-23/h1-3,6-9,11-13,29H,4-5,10H2,(H2,26,27,28). The molecule has 0 unspecified atom stereocenters. The molecule has 0 spiro atoms. The average molecular weight is 516 g/mol. The molecule has 0 radical (unpaired) electrons. The minimum Gasteiger partial charge on any atom is -0.383 e. The number of carbonyl (C=O) groups is 1. The Hall–Kier alpha value is -3.14. The minimum atomic E-state index is -4.01. The maximum Gasteiger partial charge on any atom is 0.263 e. The number of nitrogens with one attached hydrogen (secondary N) is 1. The summed E-state index contributed by atoms with van der Waals surface area (Å²) in [5, 5.41) is 0.805. The van der Waals surface area contributed by atoms with Gasteiger partial charge in [-0.05, 0) is 49.1 Å². The van der Waals surface area contributed by atoms with E-state index in [0.29, 0.717) is 27.5 Å². The lowest BCUT2D eigenvalue weighted by atomic mass is 10.0. The summed E-state index contributed by atoms with van der Waals surface area (Å²) >= 11 is 11.9. The number of halogens is 2. The number of nitrogens with two attached hydrogens (primary N) is 1. The smallest absolute Gasteiger partial charge is 0.263 e. The monoisotopic (exact) mass is 515 g/mol. The van der Waals surface area contributed by atoms with Crippen molar-refractivity contribution >= 4 is 61.5 Å². The molecule has 2 aromatic carbocycles. The van der Waals surface area contributed by atoms with E-state index in [1.54, 1.807) is 24.4 Å². The van der Waals surface area contributed by atoms with Crippen LogP contribution in [0, 0.1) is 5.92 Å². The Morgan fingerprint density at radius 1 is 1.15 bits per heavy atom. The Bertz CT molecular complexity index is 1550. The van der Waals surface area contributed by atoms with Crippen molar-refractivity contribution < 1.29 is 13.2 Å². The normalized spacial score (nSPS) is 13.8. The lowest BCUT2D eigenvalue weighted by molar-refractivity contribution is 0.104. The zero-order valence-corrected chi connectivity index (χ0v) is 20.0. The molecule has 11 heteroatoms. The number of carbonyl (C=O) groups excluding carboxylic acids is 1. The van der Waals surface area contributed by atoms with Crippen molar-refractivity contribution in [1.82, 2.24) is 14.5 Å². The zero-order chi connectivity index (χ0) is 24.0. The van der Waals surface area contributed by atoms with Crippen LogP contribution in [0.15, 0.2) is 59.9 Å². The molecule has 0 saturated heterocycles. The highest BCUT2D eigenvalue weighted by atomic mass is 35.5. The molecule has 0 bridgehead atoms. The van der Waals surface area contributed by atoms with Crippen LogP contribution in [-0.4, -0.2) is 28.7 Å². The number of hydrogen-bond donors (Lipinski definition) is 2. The fraction of sp³-hybridized carbons (Fsp3) is 0.174. The summed E-state index contributed by atoms with van der Waals surface area (Å²) in [6, 6.07) is 10.3. The molecule has 0 aliphatic heterocycles. The predicted octanol–water partition coefficient (Wildman–Crippen LogP) is 4.76. The molecule has 3 N–H and O–H groups in total. The molecular formula is C23H19Cl2N5O3S. The van der Waals surface area contributed by atoms with Gasteiger partial charge in [-0.15, -0.1) is 0 Å². The Kier molecular flexibility index (Phi) is 5.71. The van der Waals surface area contributed by atoms with E-state index in [9.17, 15) is 13.2 Å². The number of fused-ring (bicyclic) bond motifs is 1. The average Bonchev–Trinajstić information content (AvgIpc) is 3.52. The van der Waals surface area contributed by atoms with Crippen LogP contribution < -0.4 is 10.5 Å². The maximum atomic E-state index is 13.5. The van der Waals surface area contributed by atoms with Gasteiger partial charge in [-0.3, -0.25) is 9.52 Å².